The largest absolute Gasteiger partial charge is 0.345 e. The number of aromatic nitrogens is 5. The monoisotopic (exact) mass is 250 g/mol. The average molecular weight is 251 g/mol. The fraction of sp³-hybridized carbons (Fsp3) is 0.400. The summed E-state index contributed by atoms with van der Waals surface area (Å²) in [4.78, 5) is 14.5. The number of H-pyrrole nitrogens is 1. The van der Waals surface area contributed by atoms with E-state index >= 15 is 0 Å². The molecule has 0 amide bonds. The second-order valence-electron chi connectivity index (χ2n) is 3.92. The number of hydrogen-bond donors (Lipinski definition) is 1. The van der Waals surface area contributed by atoms with Gasteiger partial charge in [-0.15, -0.1) is 0 Å². The molecule has 0 unspecified atom stereocenters. The van der Waals surface area contributed by atoms with Crippen molar-refractivity contribution < 1.29 is 0 Å². The molecule has 2 aromatic rings. The molecule has 2 aromatic heterocycles. The number of aromatic amines is 1. The average Bonchev–Trinajstić information content (AvgIpc) is 3.00. The molecule has 0 radical (unpaired) electrons. The third-order valence-corrected chi connectivity index (χ3v) is 3.19. The Labute approximate surface area is 103 Å². The molecule has 3 heterocycles. The van der Waals surface area contributed by atoms with Crippen molar-refractivity contribution in [3.05, 3.63) is 29.7 Å². The maximum absolute atomic E-state index is 6.12. The first-order valence-electron chi connectivity index (χ1n) is 5.43. The molecule has 1 fully saturated rings. The lowest BCUT2D eigenvalue weighted by molar-refractivity contribution is 0.663. The summed E-state index contributed by atoms with van der Waals surface area (Å²) in [5, 5.41) is 7.37. The minimum atomic E-state index is 0.171. The van der Waals surface area contributed by atoms with Gasteiger partial charge >= 0.3 is 0 Å². The molecular formula is C10H11ClN6. The second-order valence-corrected chi connectivity index (χ2v) is 4.32. The summed E-state index contributed by atoms with van der Waals surface area (Å²) in [5.41, 5.74) is 0. The van der Waals surface area contributed by atoms with Gasteiger partial charge in [0.05, 0.1) is 12.2 Å². The Morgan fingerprint density at radius 2 is 2.29 bits per heavy atom. The van der Waals surface area contributed by atoms with Crippen LogP contribution >= 0.6 is 11.6 Å². The van der Waals surface area contributed by atoms with E-state index in [4.69, 9.17) is 11.6 Å². The van der Waals surface area contributed by atoms with Crippen molar-refractivity contribution in [3.63, 3.8) is 0 Å². The summed E-state index contributed by atoms with van der Waals surface area (Å²) < 4.78 is 0. The molecule has 0 saturated carbocycles. The van der Waals surface area contributed by atoms with Gasteiger partial charge in [-0.05, 0) is 12.8 Å². The molecule has 1 atom stereocenters. The zero-order valence-electron chi connectivity index (χ0n) is 9.04. The van der Waals surface area contributed by atoms with Crippen molar-refractivity contribution in [1.82, 2.24) is 25.1 Å². The van der Waals surface area contributed by atoms with Gasteiger partial charge in [0.25, 0.3) is 0 Å². The van der Waals surface area contributed by atoms with Crippen LogP contribution in [-0.2, 0) is 0 Å². The Hall–Kier alpha value is -1.69. The Bertz CT molecular complexity index is 499. The lowest BCUT2D eigenvalue weighted by atomic mass is 10.2. The fourth-order valence-electron chi connectivity index (χ4n) is 2.20. The van der Waals surface area contributed by atoms with Crippen LogP contribution in [0.4, 0.5) is 5.82 Å². The van der Waals surface area contributed by atoms with E-state index in [0.29, 0.717) is 5.02 Å². The van der Waals surface area contributed by atoms with Crippen molar-refractivity contribution in [3.8, 4) is 0 Å². The van der Waals surface area contributed by atoms with Crippen LogP contribution < -0.4 is 4.90 Å². The first-order valence-corrected chi connectivity index (χ1v) is 5.81. The van der Waals surface area contributed by atoms with Crippen LogP contribution in [0.25, 0.3) is 0 Å². The van der Waals surface area contributed by atoms with Crippen LogP contribution in [0.1, 0.15) is 24.7 Å². The zero-order chi connectivity index (χ0) is 11.7. The Balaban J connectivity index is 1.95. The Morgan fingerprint density at radius 1 is 1.35 bits per heavy atom. The highest BCUT2D eigenvalue weighted by molar-refractivity contribution is 6.32. The normalized spacial score (nSPS) is 19.8. The summed E-state index contributed by atoms with van der Waals surface area (Å²) in [5.74, 6) is 1.62. The maximum atomic E-state index is 6.12. The quantitative estimate of drug-likeness (QED) is 0.877. The summed E-state index contributed by atoms with van der Waals surface area (Å²) in [6.07, 6.45) is 6.76. The number of anilines is 1. The van der Waals surface area contributed by atoms with Crippen molar-refractivity contribution in [1.29, 1.82) is 0 Å². The van der Waals surface area contributed by atoms with Crippen molar-refractivity contribution in [2.75, 3.05) is 11.4 Å². The van der Waals surface area contributed by atoms with E-state index in [-0.39, 0.29) is 6.04 Å². The minimum Gasteiger partial charge on any atom is -0.345 e. The number of hydrogen-bond acceptors (Lipinski definition) is 5. The van der Waals surface area contributed by atoms with Crippen molar-refractivity contribution >= 4 is 17.4 Å². The number of nitrogens with zero attached hydrogens (tertiary/aromatic N) is 5. The molecule has 0 bridgehead atoms. The predicted molar refractivity (Wildman–Crippen MR) is 62.7 cm³/mol. The molecule has 0 aliphatic carbocycles. The standard InChI is InChI=1S/C10H11ClN6/c11-7-4-12-5-14-10(7)17-3-1-2-8(17)9-13-6-15-16-9/h4-6,8H,1-3H2,(H,13,15,16)/t8-/m0/s1. The highest BCUT2D eigenvalue weighted by Crippen LogP contribution is 2.35. The van der Waals surface area contributed by atoms with E-state index in [1.54, 1.807) is 6.20 Å². The van der Waals surface area contributed by atoms with Crippen LogP contribution in [0.15, 0.2) is 18.9 Å². The van der Waals surface area contributed by atoms with Gasteiger partial charge in [-0.25, -0.2) is 15.0 Å². The molecule has 0 spiro atoms. The van der Waals surface area contributed by atoms with Crippen LogP contribution in [0.5, 0.6) is 0 Å². The number of halogens is 1. The van der Waals surface area contributed by atoms with E-state index in [0.717, 1.165) is 31.0 Å². The van der Waals surface area contributed by atoms with Gasteiger partial charge in [-0.3, -0.25) is 5.10 Å². The first kappa shape index (κ1) is 10.5. The van der Waals surface area contributed by atoms with Crippen molar-refractivity contribution in [2.24, 2.45) is 0 Å². The number of rotatable bonds is 2. The van der Waals surface area contributed by atoms with E-state index in [2.05, 4.69) is 30.0 Å². The molecule has 0 aromatic carbocycles. The second kappa shape index (κ2) is 4.29. The SMILES string of the molecule is Clc1cncnc1N1CCC[C@H]1c1ncn[nH]1. The predicted octanol–water partition coefficient (Wildman–Crippen LogP) is 1.59. The molecular weight excluding hydrogens is 240 g/mol. The maximum Gasteiger partial charge on any atom is 0.151 e. The highest BCUT2D eigenvalue weighted by Gasteiger charge is 2.30. The molecule has 17 heavy (non-hydrogen) atoms. The van der Waals surface area contributed by atoms with Crippen LogP contribution in [0.3, 0.4) is 0 Å². The minimum absolute atomic E-state index is 0.171. The summed E-state index contributed by atoms with van der Waals surface area (Å²) in [6.45, 7) is 0.919. The molecule has 1 aliphatic heterocycles. The lowest BCUT2D eigenvalue weighted by Crippen LogP contribution is -2.24. The zero-order valence-corrected chi connectivity index (χ0v) is 9.80. The first-order chi connectivity index (χ1) is 8.36. The third kappa shape index (κ3) is 1.84. The summed E-state index contributed by atoms with van der Waals surface area (Å²) in [7, 11) is 0. The van der Waals surface area contributed by atoms with E-state index in [1.807, 2.05) is 0 Å². The van der Waals surface area contributed by atoms with Crippen LogP contribution in [0, 0.1) is 0 Å². The van der Waals surface area contributed by atoms with Crippen LogP contribution in [0.2, 0.25) is 5.02 Å². The molecule has 3 rings (SSSR count). The Kier molecular flexibility index (Phi) is 2.64. The molecule has 88 valence electrons. The smallest absolute Gasteiger partial charge is 0.151 e. The Morgan fingerprint density at radius 3 is 3.06 bits per heavy atom. The fourth-order valence-corrected chi connectivity index (χ4v) is 2.41. The lowest BCUT2D eigenvalue weighted by Gasteiger charge is -2.24. The molecule has 6 nitrogen and oxygen atoms in total. The summed E-state index contributed by atoms with van der Waals surface area (Å²) >= 11 is 6.12. The summed E-state index contributed by atoms with van der Waals surface area (Å²) in [6, 6.07) is 0.171. The molecule has 1 aliphatic rings. The van der Waals surface area contributed by atoms with E-state index in [9.17, 15) is 0 Å². The van der Waals surface area contributed by atoms with Crippen molar-refractivity contribution in [2.45, 2.75) is 18.9 Å². The van der Waals surface area contributed by atoms with Gasteiger partial charge in [0.1, 0.15) is 23.5 Å². The van der Waals surface area contributed by atoms with Gasteiger partial charge in [-0.1, -0.05) is 11.6 Å². The topological polar surface area (TPSA) is 70.6 Å². The molecule has 7 heteroatoms. The number of nitrogens with one attached hydrogen (secondary N) is 1. The highest BCUT2D eigenvalue weighted by atomic mass is 35.5. The van der Waals surface area contributed by atoms with Gasteiger partial charge in [-0.2, -0.15) is 5.10 Å². The van der Waals surface area contributed by atoms with E-state index in [1.165, 1.54) is 12.7 Å². The third-order valence-electron chi connectivity index (χ3n) is 2.92. The molecule has 1 saturated heterocycles. The van der Waals surface area contributed by atoms with Gasteiger partial charge in [0.15, 0.2) is 5.82 Å². The molecule has 1 N–H and O–H groups in total. The van der Waals surface area contributed by atoms with Crippen LogP contribution in [-0.4, -0.2) is 31.7 Å². The van der Waals surface area contributed by atoms with Gasteiger partial charge in [0.2, 0.25) is 0 Å². The van der Waals surface area contributed by atoms with Gasteiger partial charge < -0.3 is 4.90 Å². The van der Waals surface area contributed by atoms with E-state index < -0.39 is 0 Å². The van der Waals surface area contributed by atoms with Gasteiger partial charge in [0, 0.05) is 6.54 Å².